The van der Waals surface area contributed by atoms with Gasteiger partial charge in [-0.2, -0.15) is 0 Å². The molecule has 44 valence electrons. The van der Waals surface area contributed by atoms with Crippen LogP contribution in [0.1, 0.15) is 0 Å². The molecule has 2 heteroatoms. The Hall–Kier alpha value is -0.900. The zero-order valence-corrected chi connectivity index (χ0v) is 5.73. The van der Waals surface area contributed by atoms with Crippen LogP contribution in [0, 0.1) is 5.41 Å². The van der Waals surface area contributed by atoms with Crippen molar-refractivity contribution in [3.05, 3.63) is 30.3 Å². The molecule has 0 saturated carbocycles. The molecule has 0 atom stereocenters. The summed E-state index contributed by atoms with van der Waals surface area (Å²) in [5.74, 6) is 0. The first-order chi connectivity index (χ1) is 4.43. The summed E-state index contributed by atoms with van der Waals surface area (Å²) >= 11 is 0. The fraction of sp³-hybridized carbons (Fsp3) is 0. The molecule has 0 unspecified atom stereocenters. The van der Waals surface area contributed by atoms with Crippen molar-refractivity contribution >= 4 is 19.1 Å². The van der Waals surface area contributed by atoms with E-state index in [1.807, 2.05) is 30.3 Å². The summed E-state index contributed by atoms with van der Waals surface area (Å²) in [6.45, 7) is 0. The lowest BCUT2D eigenvalue weighted by atomic mass is 10.4. The molecule has 1 aromatic carbocycles. The fourth-order valence-corrected chi connectivity index (χ4v) is 1.02. The average molecular weight is 135 g/mol. The van der Waals surface area contributed by atoms with Crippen LogP contribution < -0.4 is 5.30 Å². The largest absolute Gasteiger partial charge is 0.254 e. The molecule has 0 aliphatic carbocycles. The first-order valence-corrected chi connectivity index (χ1v) is 3.50. The van der Waals surface area contributed by atoms with Gasteiger partial charge in [-0.25, -0.2) is 0 Å². The Labute approximate surface area is 55.7 Å². The molecule has 1 rings (SSSR count). The van der Waals surface area contributed by atoms with Gasteiger partial charge in [-0.15, -0.1) is 0 Å². The Bertz CT molecular complexity index is 224. The van der Waals surface area contributed by atoms with E-state index >= 15 is 0 Å². The van der Waals surface area contributed by atoms with Crippen LogP contribution in [0.4, 0.5) is 0 Å². The molecule has 1 nitrogen and oxygen atoms in total. The van der Waals surface area contributed by atoms with Crippen molar-refractivity contribution in [2.75, 3.05) is 0 Å². The first-order valence-electron chi connectivity index (χ1n) is 2.61. The average Bonchev–Trinajstić information content (AvgIpc) is 1.91. The third-order valence-corrected chi connectivity index (χ3v) is 1.61. The van der Waals surface area contributed by atoms with Gasteiger partial charge in [0.2, 0.25) is 0 Å². The summed E-state index contributed by atoms with van der Waals surface area (Å²) in [4.78, 5) is 0. The molecule has 1 aromatic rings. The predicted octanol–water partition coefficient (Wildman–Crippen LogP) is 1.74. The maximum absolute atomic E-state index is 6.68. The highest BCUT2D eigenvalue weighted by atomic mass is 31.1. The minimum absolute atomic E-state index is 0.848. The van der Waals surface area contributed by atoms with Crippen molar-refractivity contribution in [1.29, 1.82) is 5.41 Å². The molecule has 0 aliphatic rings. The quantitative estimate of drug-likeness (QED) is 0.448. The van der Waals surface area contributed by atoms with Crippen LogP contribution in [0.5, 0.6) is 0 Å². The Kier molecular flexibility index (Phi) is 2.21. The van der Waals surface area contributed by atoms with Crippen molar-refractivity contribution in [3.8, 4) is 0 Å². The summed E-state index contributed by atoms with van der Waals surface area (Å²) in [6, 6.07) is 9.83. The van der Waals surface area contributed by atoms with E-state index in [2.05, 4.69) is 5.59 Å². The second kappa shape index (κ2) is 3.19. The molecular formula is C7H6NP. The van der Waals surface area contributed by atoms with Crippen LogP contribution in [0.15, 0.2) is 30.3 Å². The van der Waals surface area contributed by atoms with Crippen LogP contribution in [0.2, 0.25) is 0 Å². The topological polar surface area (TPSA) is 23.9 Å². The molecule has 0 fully saturated rings. The van der Waals surface area contributed by atoms with Crippen LogP contribution in [-0.2, 0) is 0 Å². The lowest BCUT2D eigenvalue weighted by Crippen LogP contribution is -1.85. The summed E-state index contributed by atoms with van der Waals surface area (Å²) in [5.41, 5.74) is 2.31. The van der Waals surface area contributed by atoms with Crippen molar-refractivity contribution in [3.63, 3.8) is 0 Å². The third-order valence-electron chi connectivity index (χ3n) is 0.941. The Morgan fingerprint density at radius 2 is 1.89 bits per heavy atom. The van der Waals surface area contributed by atoms with Gasteiger partial charge in [-0.3, -0.25) is 5.41 Å². The highest BCUT2D eigenvalue weighted by Crippen LogP contribution is 1.92. The van der Waals surface area contributed by atoms with E-state index in [4.69, 9.17) is 5.41 Å². The zero-order valence-electron chi connectivity index (χ0n) is 4.83. The first kappa shape index (κ1) is 6.22. The summed E-state index contributed by atoms with van der Waals surface area (Å²) < 4.78 is 0. The molecular weight excluding hydrogens is 129 g/mol. The summed E-state index contributed by atoms with van der Waals surface area (Å²) in [5, 5.41) is 7.80. The van der Waals surface area contributed by atoms with Crippen molar-refractivity contribution in [2.45, 2.75) is 0 Å². The van der Waals surface area contributed by atoms with Crippen LogP contribution in [0.3, 0.4) is 0 Å². The monoisotopic (exact) mass is 135 g/mol. The molecule has 0 aliphatic heterocycles. The van der Waals surface area contributed by atoms with Gasteiger partial charge in [0.15, 0.2) is 0 Å². The lowest BCUT2D eigenvalue weighted by Gasteiger charge is -1.83. The van der Waals surface area contributed by atoms with Crippen LogP contribution in [-0.4, -0.2) is 5.59 Å². The van der Waals surface area contributed by atoms with Crippen molar-refractivity contribution < 1.29 is 0 Å². The zero-order chi connectivity index (χ0) is 6.53. The molecule has 1 N–H and O–H groups in total. The highest BCUT2D eigenvalue weighted by Gasteiger charge is 1.79. The Balaban J connectivity index is 2.97. The number of hydrogen-bond acceptors (Lipinski definition) is 1. The van der Waals surface area contributed by atoms with Crippen LogP contribution >= 0.6 is 8.20 Å². The molecule has 0 bridgehead atoms. The number of rotatable bonds is 1. The standard InChI is InChI=1S/C7H6NP/c8-6-9-7-4-2-1-3-5-7/h1-5,8H. The molecule has 0 spiro atoms. The van der Waals surface area contributed by atoms with Gasteiger partial charge in [0, 0.05) is 19.1 Å². The SMILES string of the molecule is N=C=Pc1ccccc1. The second-order valence-electron chi connectivity index (χ2n) is 1.56. The van der Waals surface area contributed by atoms with E-state index in [1.54, 1.807) is 0 Å². The van der Waals surface area contributed by atoms with E-state index in [9.17, 15) is 0 Å². The van der Waals surface area contributed by atoms with E-state index < -0.39 is 0 Å². The van der Waals surface area contributed by atoms with Gasteiger partial charge in [0.25, 0.3) is 0 Å². The Morgan fingerprint density at radius 3 is 2.44 bits per heavy atom. The highest BCUT2D eigenvalue weighted by molar-refractivity contribution is 7.46. The van der Waals surface area contributed by atoms with E-state index in [0.717, 1.165) is 13.5 Å². The third kappa shape index (κ3) is 1.81. The molecule has 0 heterocycles. The fourth-order valence-electron chi connectivity index (χ4n) is 0.567. The maximum Gasteiger partial charge on any atom is 0.0112 e. The van der Waals surface area contributed by atoms with Crippen molar-refractivity contribution in [2.24, 2.45) is 0 Å². The van der Waals surface area contributed by atoms with E-state index in [0.29, 0.717) is 0 Å². The van der Waals surface area contributed by atoms with E-state index in [1.165, 1.54) is 0 Å². The van der Waals surface area contributed by atoms with Gasteiger partial charge >= 0.3 is 0 Å². The smallest absolute Gasteiger partial charge is 0.0112 e. The minimum atomic E-state index is 0.848. The molecule has 9 heavy (non-hydrogen) atoms. The van der Waals surface area contributed by atoms with Gasteiger partial charge in [-0.1, -0.05) is 18.2 Å². The van der Waals surface area contributed by atoms with Crippen LogP contribution in [0.25, 0.3) is 0 Å². The number of hydrogen-bond donors (Lipinski definition) is 1. The van der Waals surface area contributed by atoms with Gasteiger partial charge < -0.3 is 0 Å². The summed E-state index contributed by atoms with van der Waals surface area (Å²) in [7, 11) is 0.848. The second-order valence-corrected chi connectivity index (χ2v) is 2.52. The van der Waals surface area contributed by atoms with Gasteiger partial charge in [0.1, 0.15) is 0 Å². The maximum atomic E-state index is 6.68. The number of benzene rings is 1. The van der Waals surface area contributed by atoms with Crippen molar-refractivity contribution in [1.82, 2.24) is 0 Å². The Morgan fingerprint density at radius 1 is 1.22 bits per heavy atom. The van der Waals surface area contributed by atoms with Gasteiger partial charge in [-0.05, 0) is 12.1 Å². The summed E-state index contributed by atoms with van der Waals surface area (Å²) in [6.07, 6.45) is 0. The van der Waals surface area contributed by atoms with Gasteiger partial charge in [0.05, 0.1) is 0 Å². The molecule has 0 saturated heterocycles. The van der Waals surface area contributed by atoms with E-state index in [-0.39, 0.29) is 0 Å². The molecule has 0 amide bonds. The minimum Gasteiger partial charge on any atom is -0.254 e. The lowest BCUT2D eigenvalue weighted by molar-refractivity contribution is 1.61. The normalized spacial score (nSPS) is 8.89. The molecule has 0 radical (unpaired) electrons. The number of nitrogens with one attached hydrogen (secondary N) is 1. The predicted molar refractivity (Wildman–Crippen MR) is 40.7 cm³/mol. The molecule has 0 aromatic heterocycles.